The third kappa shape index (κ3) is 5.75. The van der Waals surface area contributed by atoms with Crippen molar-refractivity contribution in [3.63, 3.8) is 0 Å². The molecule has 2 aromatic carbocycles. The molecule has 140 valence electrons. The van der Waals surface area contributed by atoms with Gasteiger partial charge in [0, 0.05) is 11.6 Å². The average molecular weight is 395 g/mol. The maximum atomic E-state index is 12.2. The first-order valence-corrected chi connectivity index (χ1v) is 10.5. The van der Waals surface area contributed by atoms with E-state index in [4.69, 9.17) is 11.6 Å². The van der Waals surface area contributed by atoms with Crippen LogP contribution in [0.3, 0.4) is 0 Å². The Balaban J connectivity index is 1.96. The van der Waals surface area contributed by atoms with E-state index in [1.165, 1.54) is 5.56 Å². The lowest BCUT2D eigenvalue weighted by Gasteiger charge is -2.24. The number of sulfonamides is 1. The van der Waals surface area contributed by atoms with Crippen LogP contribution in [0, 0.1) is 6.92 Å². The topological polar surface area (TPSA) is 66.5 Å². The summed E-state index contributed by atoms with van der Waals surface area (Å²) < 4.78 is 25.4. The number of anilines is 1. The van der Waals surface area contributed by atoms with E-state index in [1.54, 1.807) is 25.1 Å². The summed E-state index contributed by atoms with van der Waals surface area (Å²) in [6.45, 7) is 1.94. The summed E-state index contributed by atoms with van der Waals surface area (Å²) in [5, 5.41) is 3.24. The summed E-state index contributed by atoms with van der Waals surface area (Å²) in [5.41, 5.74) is 2.24. The van der Waals surface area contributed by atoms with Gasteiger partial charge in [-0.1, -0.05) is 48.0 Å². The number of halogens is 1. The molecule has 0 unspecified atom stereocenters. The van der Waals surface area contributed by atoms with Crippen molar-refractivity contribution in [1.29, 1.82) is 0 Å². The molecule has 0 aromatic heterocycles. The van der Waals surface area contributed by atoms with E-state index in [0.29, 0.717) is 22.8 Å². The second kappa shape index (κ2) is 9.05. The quantitative estimate of drug-likeness (QED) is 0.699. The lowest BCUT2D eigenvalue weighted by Crippen LogP contribution is -2.41. The molecule has 7 heteroatoms. The SMILES string of the molecule is Cc1c(Cl)cccc1N(CC(=O)NCCCc1ccccc1)S(C)(=O)=O. The van der Waals surface area contributed by atoms with Gasteiger partial charge in [-0.15, -0.1) is 0 Å². The Kier molecular flexibility index (Phi) is 7.06. The zero-order valence-electron chi connectivity index (χ0n) is 14.9. The van der Waals surface area contributed by atoms with Crippen LogP contribution in [0.4, 0.5) is 5.69 Å². The van der Waals surface area contributed by atoms with E-state index >= 15 is 0 Å². The van der Waals surface area contributed by atoms with Gasteiger partial charge in [0.15, 0.2) is 0 Å². The van der Waals surface area contributed by atoms with E-state index in [0.717, 1.165) is 23.4 Å². The number of carbonyl (C=O) groups excluding carboxylic acids is 1. The zero-order valence-corrected chi connectivity index (χ0v) is 16.5. The molecule has 0 saturated heterocycles. The van der Waals surface area contributed by atoms with Gasteiger partial charge in [0.25, 0.3) is 0 Å². The van der Waals surface area contributed by atoms with E-state index < -0.39 is 10.0 Å². The molecule has 0 radical (unpaired) electrons. The van der Waals surface area contributed by atoms with Crippen molar-refractivity contribution < 1.29 is 13.2 Å². The fourth-order valence-corrected chi connectivity index (χ4v) is 3.68. The van der Waals surface area contributed by atoms with Crippen molar-refractivity contribution in [1.82, 2.24) is 5.32 Å². The van der Waals surface area contributed by atoms with Crippen LogP contribution < -0.4 is 9.62 Å². The number of amides is 1. The lowest BCUT2D eigenvalue weighted by molar-refractivity contribution is -0.119. The Morgan fingerprint density at radius 3 is 2.46 bits per heavy atom. The van der Waals surface area contributed by atoms with Gasteiger partial charge in [-0.3, -0.25) is 9.10 Å². The number of aryl methyl sites for hydroxylation is 1. The maximum absolute atomic E-state index is 12.2. The fourth-order valence-electron chi connectivity index (χ4n) is 2.60. The first-order valence-electron chi connectivity index (χ1n) is 8.32. The van der Waals surface area contributed by atoms with Crippen LogP contribution in [-0.2, 0) is 21.2 Å². The summed E-state index contributed by atoms with van der Waals surface area (Å²) >= 11 is 6.08. The van der Waals surface area contributed by atoms with Crippen molar-refractivity contribution in [3.8, 4) is 0 Å². The van der Waals surface area contributed by atoms with Crippen LogP contribution in [0.1, 0.15) is 17.5 Å². The number of nitrogens with zero attached hydrogens (tertiary/aromatic N) is 1. The number of carbonyl (C=O) groups is 1. The Hall–Kier alpha value is -2.05. The van der Waals surface area contributed by atoms with E-state index in [-0.39, 0.29) is 12.5 Å². The van der Waals surface area contributed by atoms with Crippen LogP contribution in [-0.4, -0.2) is 33.7 Å². The zero-order chi connectivity index (χ0) is 19.2. The maximum Gasteiger partial charge on any atom is 0.240 e. The number of rotatable bonds is 8. The minimum atomic E-state index is -3.61. The van der Waals surface area contributed by atoms with Gasteiger partial charge in [-0.2, -0.15) is 0 Å². The third-order valence-electron chi connectivity index (χ3n) is 4.00. The Morgan fingerprint density at radius 1 is 1.12 bits per heavy atom. The Bertz CT molecular complexity index is 854. The fraction of sp³-hybridized carbons (Fsp3) is 0.316. The summed E-state index contributed by atoms with van der Waals surface area (Å²) in [7, 11) is -3.61. The van der Waals surface area contributed by atoms with Crippen LogP contribution in [0.15, 0.2) is 48.5 Å². The predicted octanol–water partition coefficient (Wildman–Crippen LogP) is 3.16. The van der Waals surface area contributed by atoms with E-state index in [9.17, 15) is 13.2 Å². The highest BCUT2D eigenvalue weighted by Crippen LogP contribution is 2.27. The largest absolute Gasteiger partial charge is 0.355 e. The molecular weight excluding hydrogens is 372 g/mol. The van der Waals surface area contributed by atoms with Crippen molar-refractivity contribution in [2.75, 3.05) is 23.7 Å². The Labute approximate surface area is 160 Å². The molecule has 0 aliphatic rings. The molecular formula is C19H23ClN2O3S. The standard InChI is InChI=1S/C19H23ClN2O3S/c1-15-17(20)11-6-12-18(15)22(26(2,24)25)14-19(23)21-13-7-10-16-8-4-3-5-9-16/h3-6,8-9,11-12H,7,10,13-14H2,1-2H3,(H,21,23). The van der Waals surface area contributed by atoms with Gasteiger partial charge >= 0.3 is 0 Å². The number of hydrogen-bond acceptors (Lipinski definition) is 3. The van der Waals surface area contributed by atoms with Gasteiger partial charge in [0.05, 0.1) is 11.9 Å². The van der Waals surface area contributed by atoms with Gasteiger partial charge in [0.2, 0.25) is 15.9 Å². The second-order valence-corrected chi connectivity index (χ2v) is 8.41. The van der Waals surface area contributed by atoms with Gasteiger partial charge in [-0.05, 0) is 43.0 Å². The summed E-state index contributed by atoms with van der Waals surface area (Å²) in [6.07, 6.45) is 2.71. The Morgan fingerprint density at radius 2 is 1.81 bits per heavy atom. The van der Waals surface area contributed by atoms with E-state index in [1.807, 2.05) is 30.3 Å². The number of hydrogen-bond donors (Lipinski definition) is 1. The first kappa shape index (κ1) is 20.3. The summed E-state index contributed by atoms with van der Waals surface area (Å²) in [4.78, 5) is 12.2. The van der Waals surface area contributed by atoms with Crippen LogP contribution >= 0.6 is 11.6 Å². The van der Waals surface area contributed by atoms with Crippen molar-refractivity contribution in [3.05, 3.63) is 64.7 Å². The molecule has 0 fully saturated rings. The molecule has 0 atom stereocenters. The van der Waals surface area contributed by atoms with Crippen molar-refractivity contribution in [2.45, 2.75) is 19.8 Å². The van der Waals surface area contributed by atoms with E-state index in [2.05, 4.69) is 5.32 Å². The normalized spacial score (nSPS) is 11.2. The predicted molar refractivity (Wildman–Crippen MR) is 106 cm³/mol. The molecule has 0 aliphatic carbocycles. The number of nitrogens with one attached hydrogen (secondary N) is 1. The first-order chi connectivity index (χ1) is 12.3. The van der Waals surface area contributed by atoms with Gasteiger partial charge in [-0.25, -0.2) is 8.42 Å². The highest BCUT2D eigenvalue weighted by atomic mass is 35.5. The molecule has 0 aliphatic heterocycles. The summed E-state index contributed by atoms with van der Waals surface area (Å²) in [5.74, 6) is -0.345. The molecule has 5 nitrogen and oxygen atoms in total. The molecule has 1 amide bonds. The molecule has 2 rings (SSSR count). The van der Waals surface area contributed by atoms with Crippen LogP contribution in [0.25, 0.3) is 0 Å². The molecule has 0 saturated carbocycles. The molecule has 1 N–H and O–H groups in total. The second-order valence-electron chi connectivity index (χ2n) is 6.09. The highest BCUT2D eigenvalue weighted by molar-refractivity contribution is 7.92. The number of benzene rings is 2. The monoisotopic (exact) mass is 394 g/mol. The third-order valence-corrected chi connectivity index (χ3v) is 5.54. The smallest absolute Gasteiger partial charge is 0.240 e. The summed E-state index contributed by atoms with van der Waals surface area (Å²) in [6, 6.07) is 15.0. The minimum Gasteiger partial charge on any atom is -0.355 e. The van der Waals surface area contributed by atoms with Gasteiger partial charge < -0.3 is 5.32 Å². The minimum absolute atomic E-state index is 0.272. The van der Waals surface area contributed by atoms with Crippen molar-refractivity contribution >= 4 is 33.2 Å². The van der Waals surface area contributed by atoms with Gasteiger partial charge in [0.1, 0.15) is 6.54 Å². The van der Waals surface area contributed by atoms with Crippen LogP contribution in [0.5, 0.6) is 0 Å². The molecule has 0 heterocycles. The molecule has 2 aromatic rings. The lowest BCUT2D eigenvalue weighted by atomic mass is 10.1. The average Bonchev–Trinajstić information content (AvgIpc) is 2.59. The molecule has 0 bridgehead atoms. The highest BCUT2D eigenvalue weighted by Gasteiger charge is 2.22. The van der Waals surface area contributed by atoms with Crippen LogP contribution in [0.2, 0.25) is 5.02 Å². The molecule has 26 heavy (non-hydrogen) atoms. The molecule has 0 spiro atoms. The van der Waals surface area contributed by atoms with Crippen molar-refractivity contribution in [2.24, 2.45) is 0 Å².